The summed E-state index contributed by atoms with van der Waals surface area (Å²) in [6.07, 6.45) is 5.52. The minimum atomic E-state index is -3.66. The molecule has 3 atom stereocenters. The molecule has 33 heavy (non-hydrogen) atoms. The number of hydrogen-bond donors (Lipinski definition) is 0. The third-order valence-electron chi connectivity index (χ3n) is 7.37. The molecule has 3 fully saturated rings. The molecule has 0 N–H and O–H groups in total. The van der Waals surface area contributed by atoms with E-state index >= 15 is 0 Å². The number of hydrogen-bond acceptors (Lipinski definition) is 5. The lowest BCUT2D eigenvalue weighted by Crippen LogP contribution is -2.55. The summed E-state index contributed by atoms with van der Waals surface area (Å²) in [5, 5.41) is 0. The number of carbonyl (C=O) groups excluding carboxylic acids is 1. The summed E-state index contributed by atoms with van der Waals surface area (Å²) in [6.45, 7) is 9.70. The van der Waals surface area contributed by atoms with Gasteiger partial charge in [0.05, 0.1) is 10.9 Å². The number of aryl methyl sites for hydroxylation is 1. The van der Waals surface area contributed by atoms with Gasteiger partial charge in [0.1, 0.15) is 6.61 Å². The van der Waals surface area contributed by atoms with Crippen molar-refractivity contribution in [2.45, 2.75) is 82.3 Å². The lowest BCUT2D eigenvalue weighted by molar-refractivity contribution is 0.0311. The minimum Gasteiger partial charge on any atom is -0.448 e. The molecular formula is C25H39N3O4S. The molecule has 2 heterocycles. The van der Waals surface area contributed by atoms with E-state index < -0.39 is 10.0 Å². The summed E-state index contributed by atoms with van der Waals surface area (Å²) in [5.74, 6) is 0.426. The maximum atomic E-state index is 13.7. The average molecular weight is 478 g/mol. The fraction of sp³-hybridized carbons (Fsp3) is 0.720. The van der Waals surface area contributed by atoms with Crippen LogP contribution in [-0.2, 0) is 14.8 Å². The quantitative estimate of drug-likeness (QED) is 0.596. The van der Waals surface area contributed by atoms with Crippen LogP contribution in [0.4, 0.5) is 4.79 Å². The molecule has 1 aromatic carbocycles. The van der Waals surface area contributed by atoms with Crippen molar-refractivity contribution in [2.24, 2.45) is 5.92 Å². The van der Waals surface area contributed by atoms with Crippen molar-refractivity contribution in [2.75, 3.05) is 32.8 Å². The van der Waals surface area contributed by atoms with Crippen LogP contribution in [0.25, 0.3) is 0 Å². The summed E-state index contributed by atoms with van der Waals surface area (Å²) in [7, 11) is -3.66. The number of nitrogens with zero attached hydrogens (tertiary/aromatic N) is 3. The van der Waals surface area contributed by atoms with Crippen molar-refractivity contribution < 1.29 is 17.9 Å². The zero-order valence-electron chi connectivity index (χ0n) is 20.3. The average Bonchev–Trinajstić information content (AvgIpc) is 3.63. The highest BCUT2D eigenvalue weighted by Crippen LogP contribution is 2.43. The van der Waals surface area contributed by atoms with E-state index in [1.165, 1.54) is 0 Å². The Hall–Kier alpha value is -1.64. The highest BCUT2D eigenvalue weighted by atomic mass is 32.2. The molecule has 1 aliphatic carbocycles. The predicted molar refractivity (Wildman–Crippen MR) is 129 cm³/mol. The summed E-state index contributed by atoms with van der Waals surface area (Å²) in [5.41, 5.74) is 1.03. The third-order valence-corrected chi connectivity index (χ3v) is 9.36. The summed E-state index contributed by atoms with van der Waals surface area (Å²) in [6, 6.07) is 6.88. The highest BCUT2D eigenvalue weighted by molar-refractivity contribution is 7.89. The standard InChI is InChI=1S/C25H39N3O4S/c1-4-14-26-15-16-27(20(3)17-26)25(29)32-18-22-6-5-7-24(21-10-11-21)28(22)33(30,31)23-12-8-19(2)9-13-23/h8-9,12-13,20-22,24H,4-7,10-11,14-18H2,1-3H3. The fourth-order valence-electron chi connectivity index (χ4n) is 5.45. The lowest BCUT2D eigenvalue weighted by Gasteiger charge is -2.42. The van der Waals surface area contributed by atoms with Crippen LogP contribution in [0.3, 0.4) is 0 Å². The molecule has 3 aliphatic rings. The van der Waals surface area contributed by atoms with Gasteiger partial charge in [-0.05, 0) is 70.5 Å². The van der Waals surface area contributed by atoms with Gasteiger partial charge in [0, 0.05) is 31.7 Å². The van der Waals surface area contributed by atoms with E-state index in [-0.39, 0.29) is 30.8 Å². The van der Waals surface area contributed by atoms with Crippen molar-refractivity contribution in [3.63, 3.8) is 0 Å². The molecule has 2 aliphatic heterocycles. The van der Waals surface area contributed by atoms with Crippen LogP contribution < -0.4 is 0 Å². The van der Waals surface area contributed by atoms with E-state index in [9.17, 15) is 13.2 Å². The number of carbonyl (C=O) groups is 1. The van der Waals surface area contributed by atoms with Crippen LogP contribution in [0.2, 0.25) is 0 Å². The zero-order chi connectivity index (χ0) is 23.6. The van der Waals surface area contributed by atoms with Gasteiger partial charge in [-0.15, -0.1) is 0 Å². The van der Waals surface area contributed by atoms with E-state index in [1.54, 1.807) is 21.3 Å². The van der Waals surface area contributed by atoms with Gasteiger partial charge < -0.3 is 9.64 Å². The topological polar surface area (TPSA) is 70.2 Å². The van der Waals surface area contributed by atoms with E-state index in [0.717, 1.165) is 63.7 Å². The first kappa shape index (κ1) is 24.5. The number of sulfonamides is 1. The molecule has 8 heteroatoms. The van der Waals surface area contributed by atoms with Crippen molar-refractivity contribution >= 4 is 16.1 Å². The first-order valence-corrected chi connectivity index (χ1v) is 14.0. The maximum Gasteiger partial charge on any atom is 0.410 e. The van der Waals surface area contributed by atoms with Crippen molar-refractivity contribution in [3.8, 4) is 0 Å². The number of amides is 1. The van der Waals surface area contributed by atoms with E-state index in [0.29, 0.717) is 17.4 Å². The first-order valence-electron chi connectivity index (χ1n) is 12.6. The molecule has 0 radical (unpaired) electrons. The van der Waals surface area contributed by atoms with Crippen LogP contribution in [0.15, 0.2) is 29.2 Å². The smallest absolute Gasteiger partial charge is 0.410 e. The number of ether oxygens (including phenoxy) is 1. The zero-order valence-corrected chi connectivity index (χ0v) is 21.1. The minimum absolute atomic E-state index is 0.00488. The number of piperazine rings is 1. The molecule has 4 rings (SSSR count). The largest absolute Gasteiger partial charge is 0.448 e. The Bertz CT molecular complexity index is 916. The van der Waals surface area contributed by atoms with Gasteiger partial charge in [-0.3, -0.25) is 4.90 Å². The van der Waals surface area contributed by atoms with Gasteiger partial charge in [-0.25, -0.2) is 13.2 Å². The molecule has 3 unspecified atom stereocenters. The molecular weight excluding hydrogens is 438 g/mol. The molecule has 1 aromatic rings. The number of piperidine rings is 1. The van der Waals surface area contributed by atoms with Crippen molar-refractivity contribution in [3.05, 3.63) is 29.8 Å². The highest BCUT2D eigenvalue weighted by Gasteiger charge is 2.46. The molecule has 2 saturated heterocycles. The van der Waals surface area contributed by atoms with Crippen LogP contribution in [-0.4, -0.2) is 79.5 Å². The molecule has 1 saturated carbocycles. The van der Waals surface area contributed by atoms with Gasteiger partial charge in [-0.2, -0.15) is 4.31 Å². The van der Waals surface area contributed by atoms with Crippen molar-refractivity contribution in [1.29, 1.82) is 0 Å². The SMILES string of the molecule is CCCN1CCN(C(=O)OCC2CCCC(C3CC3)N2S(=O)(=O)c2ccc(C)cc2)C(C)C1. The van der Waals surface area contributed by atoms with E-state index in [2.05, 4.69) is 18.7 Å². The Morgan fingerprint density at radius 3 is 2.45 bits per heavy atom. The molecule has 1 amide bonds. The summed E-state index contributed by atoms with van der Waals surface area (Å²) in [4.78, 5) is 17.4. The predicted octanol–water partition coefficient (Wildman–Crippen LogP) is 3.87. The Balaban J connectivity index is 1.46. The lowest BCUT2D eigenvalue weighted by atomic mass is 9.96. The van der Waals surface area contributed by atoms with E-state index in [1.807, 2.05) is 19.1 Å². The van der Waals surface area contributed by atoms with Gasteiger partial charge in [0.15, 0.2) is 0 Å². The Labute approximate surface area is 199 Å². The summed E-state index contributed by atoms with van der Waals surface area (Å²) < 4.78 is 34.9. The van der Waals surface area contributed by atoms with Gasteiger partial charge >= 0.3 is 6.09 Å². The fourth-order valence-corrected chi connectivity index (χ4v) is 7.37. The Kier molecular flexibility index (Phi) is 7.66. The third kappa shape index (κ3) is 5.54. The number of benzene rings is 1. The second kappa shape index (κ2) is 10.3. The summed E-state index contributed by atoms with van der Waals surface area (Å²) >= 11 is 0. The van der Waals surface area contributed by atoms with Crippen LogP contribution in [0, 0.1) is 12.8 Å². The molecule has 0 spiro atoms. The van der Waals surface area contributed by atoms with Crippen molar-refractivity contribution in [1.82, 2.24) is 14.1 Å². The second-order valence-electron chi connectivity index (χ2n) is 10.1. The molecule has 7 nitrogen and oxygen atoms in total. The van der Waals surface area contributed by atoms with Gasteiger partial charge in [-0.1, -0.05) is 31.0 Å². The van der Waals surface area contributed by atoms with E-state index in [4.69, 9.17) is 4.74 Å². The Morgan fingerprint density at radius 2 is 1.82 bits per heavy atom. The van der Waals surface area contributed by atoms with Crippen LogP contribution in [0.5, 0.6) is 0 Å². The van der Waals surface area contributed by atoms with Gasteiger partial charge in [0.25, 0.3) is 0 Å². The maximum absolute atomic E-state index is 13.7. The normalized spacial score (nSPS) is 27.5. The first-order chi connectivity index (χ1) is 15.8. The molecule has 184 valence electrons. The number of rotatable bonds is 7. The second-order valence-corrected chi connectivity index (χ2v) is 11.9. The molecule has 0 bridgehead atoms. The van der Waals surface area contributed by atoms with Crippen LogP contribution in [0.1, 0.15) is 57.9 Å². The monoisotopic (exact) mass is 477 g/mol. The van der Waals surface area contributed by atoms with Crippen LogP contribution >= 0.6 is 0 Å². The molecule has 0 aromatic heterocycles. The van der Waals surface area contributed by atoms with Gasteiger partial charge in [0.2, 0.25) is 10.0 Å². The Morgan fingerprint density at radius 1 is 1.09 bits per heavy atom.